The zero-order valence-electron chi connectivity index (χ0n) is 12.5. The van der Waals surface area contributed by atoms with E-state index < -0.39 is 0 Å². The fraction of sp³-hybridized carbons (Fsp3) is 0.529. The van der Waals surface area contributed by atoms with Crippen LogP contribution in [0.15, 0.2) is 24.3 Å². The van der Waals surface area contributed by atoms with Crippen LogP contribution in [0, 0.1) is 11.8 Å². The van der Waals surface area contributed by atoms with Gasteiger partial charge >= 0.3 is 0 Å². The highest BCUT2D eigenvalue weighted by molar-refractivity contribution is 5.98. The Morgan fingerprint density at radius 2 is 2.05 bits per heavy atom. The molecule has 1 atom stereocenters. The van der Waals surface area contributed by atoms with Crippen molar-refractivity contribution in [2.24, 2.45) is 11.8 Å². The number of benzene rings is 1. The van der Waals surface area contributed by atoms with Crippen LogP contribution in [0.3, 0.4) is 0 Å². The van der Waals surface area contributed by atoms with Gasteiger partial charge in [0.05, 0.1) is 0 Å². The first kappa shape index (κ1) is 14.1. The number of hydrogen-bond donors (Lipinski definition) is 1. The predicted molar refractivity (Wildman–Crippen MR) is 82.1 cm³/mol. The van der Waals surface area contributed by atoms with Crippen LogP contribution < -0.4 is 5.32 Å². The zero-order chi connectivity index (χ0) is 14.8. The number of carbonyl (C=O) groups excluding carboxylic acids is 2. The molecular weight excluding hydrogens is 264 g/mol. The van der Waals surface area contributed by atoms with Crippen LogP contribution in [0.4, 0.5) is 5.69 Å². The van der Waals surface area contributed by atoms with Gasteiger partial charge in [-0.15, -0.1) is 0 Å². The van der Waals surface area contributed by atoms with Crippen molar-refractivity contribution >= 4 is 17.5 Å². The number of hydrogen-bond acceptors (Lipinski definition) is 2. The van der Waals surface area contributed by atoms with Crippen LogP contribution >= 0.6 is 0 Å². The van der Waals surface area contributed by atoms with Gasteiger partial charge in [0, 0.05) is 30.3 Å². The smallest absolute Gasteiger partial charge is 0.253 e. The van der Waals surface area contributed by atoms with Crippen molar-refractivity contribution in [3.8, 4) is 0 Å². The van der Waals surface area contributed by atoms with Gasteiger partial charge < -0.3 is 10.2 Å². The lowest BCUT2D eigenvalue weighted by atomic mass is 9.99. The maximum atomic E-state index is 12.5. The molecule has 1 saturated heterocycles. The third-order valence-corrected chi connectivity index (χ3v) is 4.27. The molecule has 2 aliphatic rings. The third kappa shape index (κ3) is 3.43. The highest BCUT2D eigenvalue weighted by atomic mass is 16.2. The van der Waals surface area contributed by atoms with Gasteiger partial charge in [-0.3, -0.25) is 9.59 Å². The van der Waals surface area contributed by atoms with E-state index in [0.29, 0.717) is 11.5 Å². The molecule has 0 radical (unpaired) electrons. The third-order valence-electron chi connectivity index (χ3n) is 4.27. The summed E-state index contributed by atoms with van der Waals surface area (Å²) in [6, 6.07) is 7.30. The zero-order valence-corrected chi connectivity index (χ0v) is 12.5. The summed E-state index contributed by atoms with van der Waals surface area (Å²) in [6.45, 7) is 3.85. The topological polar surface area (TPSA) is 49.4 Å². The molecule has 1 aliphatic heterocycles. The van der Waals surface area contributed by atoms with Gasteiger partial charge in [0.2, 0.25) is 5.91 Å². The molecule has 1 unspecified atom stereocenters. The Morgan fingerprint density at radius 1 is 1.24 bits per heavy atom. The molecule has 2 amide bonds. The van der Waals surface area contributed by atoms with Gasteiger partial charge in [-0.2, -0.15) is 0 Å². The summed E-state index contributed by atoms with van der Waals surface area (Å²) in [4.78, 5) is 26.3. The van der Waals surface area contributed by atoms with Gasteiger partial charge in [0.25, 0.3) is 5.91 Å². The van der Waals surface area contributed by atoms with Crippen molar-refractivity contribution in [3.05, 3.63) is 29.8 Å². The van der Waals surface area contributed by atoms with Gasteiger partial charge in [-0.25, -0.2) is 0 Å². The number of carbonyl (C=O) groups is 2. The molecule has 1 aromatic rings. The Hall–Kier alpha value is -1.84. The van der Waals surface area contributed by atoms with Gasteiger partial charge in [-0.1, -0.05) is 13.0 Å². The fourth-order valence-electron chi connectivity index (χ4n) is 2.88. The molecule has 0 bridgehead atoms. The average molecular weight is 286 g/mol. The SMILES string of the molecule is CC1CCCN(C(=O)c2cccc(NC(=O)C3CC3)c2)C1. The van der Waals surface area contributed by atoms with Crippen LogP contribution in [0.2, 0.25) is 0 Å². The number of nitrogens with one attached hydrogen (secondary N) is 1. The highest BCUT2D eigenvalue weighted by Gasteiger charge is 2.29. The number of rotatable bonds is 3. The molecule has 1 heterocycles. The standard InChI is InChI=1S/C17H22N2O2/c1-12-4-3-9-19(11-12)17(21)14-5-2-6-15(10-14)18-16(20)13-7-8-13/h2,5-6,10,12-13H,3-4,7-9,11H2,1H3,(H,18,20). The van der Waals surface area contributed by atoms with E-state index in [1.54, 1.807) is 6.07 Å². The lowest BCUT2D eigenvalue weighted by Gasteiger charge is -2.31. The first-order valence-electron chi connectivity index (χ1n) is 7.83. The predicted octanol–water partition coefficient (Wildman–Crippen LogP) is 2.91. The molecular formula is C17H22N2O2. The normalized spacial score (nSPS) is 22.0. The second-order valence-electron chi connectivity index (χ2n) is 6.34. The minimum absolute atomic E-state index is 0.0732. The highest BCUT2D eigenvalue weighted by Crippen LogP contribution is 2.30. The number of anilines is 1. The lowest BCUT2D eigenvalue weighted by molar-refractivity contribution is -0.117. The van der Waals surface area contributed by atoms with Crippen molar-refractivity contribution in [2.45, 2.75) is 32.6 Å². The van der Waals surface area contributed by atoms with E-state index in [2.05, 4.69) is 12.2 Å². The molecule has 0 spiro atoms. The molecule has 4 heteroatoms. The van der Waals surface area contributed by atoms with Crippen LogP contribution in [0.1, 0.15) is 43.0 Å². The maximum absolute atomic E-state index is 12.5. The average Bonchev–Trinajstić information content (AvgIpc) is 3.31. The van der Waals surface area contributed by atoms with Crippen LogP contribution in [0.5, 0.6) is 0 Å². The fourth-order valence-corrected chi connectivity index (χ4v) is 2.88. The van der Waals surface area contributed by atoms with E-state index >= 15 is 0 Å². The molecule has 1 aromatic carbocycles. The van der Waals surface area contributed by atoms with Crippen LogP contribution in [-0.2, 0) is 4.79 Å². The Kier molecular flexibility index (Phi) is 3.95. The first-order valence-corrected chi connectivity index (χ1v) is 7.83. The molecule has 112 valence electrons. The second kappa shape index (κ2) is 5.88. The monoisotopic (exact) mass is 286 g/mol. The minimum Gasteiger partial charge on any atom is -0.338 e. The number of amides is 2. The van der Waals surface area contributed by atoms with E-state index in [1.807, 2.05) is 23.1 Å². The van der Waals surface area contributed by atoms with Crippen LogP contribution in [0.25, 0.3) is 0 Å². The van der Waals surface area contributed by atoms with Gasteiger partial charge in [0.1, 0.15) is 0 Å². The van der Waals surface area contributed by atoms with Crippen molar-refractivity contribution in [1.82, 2.24) is 4.90 Å². The molecule has 4 nitrogen and oxygen atoms in total. The van der Waals surface area contributed by atoms with Crippen molar-refractivity contribution < 1.29 is 9.59 Å². The molecule has 21 heavy (non-hydrogen) atoms. The Balaban J connectivity index is 1.69. The number of likely N-dealkylation sites (tertiary alicyclic amines) is 1. The Morgan fingerprint density at radius 3 is 2.76 bits per heavy atom. The van der Waals surface area contributed by atoms with E-state index in [9.17, 15) is 9.59 Å². The van der Waals surface area contributed by atoms with Crippen molar-refractivity contribution in [2.75, 3.05) is 18.4 Å². The molecule has 0 aromatic heterocycles. The van der Waals surface area contributed by atoms with Crippen molar-refractivity contribution in [3.63, 3.8) is 0 Å². The van der Waals surface area contributed by atoms with E-state index in [4.69, 9.17) is 0 Å². The minimum atomic E-state index is 0.0732. The summed E-state index contributed by atoms with van der Waals surface area (Å²) < 4.78 is 0. The first-order chi connectivity index (χ1) is 10.1. The lowest BCUT2D eigenvalue weighted by Crippen LogP contribution is -2.39. The van der Waals surface area contributed by atoms with E-state index in [0.717, 1.165) is 38.0 Å². The molecule has 1 aliphatic carbocycles. The molecule has 2 fully saturated rings. The largest absolute Gasteiger partial charge is 0.338 e. The molecule has 1 N–H and O–H groups in total. The number of piperidine rings is 1. The Labute approximate surface area is 125 Å². The summed E-state index contributed by atoms with van der Waals surface area (Å²) in [6.07, 6.45) is 4.23. The van der Waals surface area contributed by atoms with Gasteiger partial charge in [0.15, 0.2) is 0 Å². The van der Waals surface area contributed by atoms with Crippen molar-refractivity contribution in [1.29, 1.82) is 0 Å². The quantitative estimate of drug-likeness (QED) is 0.928. The second-order valence-corrected chi connectivity index (χ2v) is 6.34. The maximum Gasteiger partial charge on any atom is 0.253 e. The molecule has 1 saturated carbocycles. The summed E-state index contributed by atoms with van der Waals surface area (Å²) in [5.74, 6) is 0.892. The summed E-state index contributed by atoms with van der Waals surface area (Å²) in [5.41, 5.74) is 1.39. The van der Waals surface area contributed by atoms with Crippen LogP contribution in [-0.4, -0.2) is 29.8 Å². The van der Waals surface area contributed by atoms with Gasteiger partial charge in [-0.05, 0) is 49.8 Å². The summed E-state index contributed by atoms with van der Waals surface area (Å²) in [7, 11) is 0. The molecule has 3 rings (SSSR count). The van der Waals surface area contributed by atoms with E-state index in [-0.39, 0.29) is 17.7 Å². The van der Waals surface area contributed by atoms with E-state index in [1.165, 1.54) is 6.42 Å². The summed E-state index contributed by atoms with van der Waals surface area (Å²) >= 11 is 0. The number of nitrogens with zero attached hydrogens (tertiary/aromatic N) is 1. The summed E-state index contributed by atoms with van der Waals surface area (Å²) in [5, 5.41) is 2.90. The Bertz CT molecular complexity index is 551.